The van der Waals surface area contributed by atoms with Gasteiger partial charge >= 0.3 is 0 Å². The maximum Gasteiger partial charge on any atom is 0.00924 e. The van der Waals surface area contributed by atoms with Crippen LogP contribution in [0.4, 0.5) is 0 Å². The van der Waals surface area contributed by atoms with E-state index in [-0.39, 0.29) is 0 Å². The molecule has 0 aromatic carbocycles. The molecule has 2 rings (SSSR count). The van der Waals surface area contributed by atoms with Gasteiger partial charge in [-0.2, -0.15) is 0 Å². The average Bonchev–Trinajstić information content (AvgIpc) is 2.39. The summed E-state index contributed by atoms with van der Waals surface area (Å²) in [6, 6.07) is 0.804. The van der Waals surface area contributed by atoms with Crippen molar-refractivity contribution in [3.63, 3.8) is 0 Å². The lowest BCUT2D eigenvalue weighted by Crippen LogP contribution is -2.39. The Kier molecular flexibility index (Phi) is 5.34. The van der Waals surface area contributed by atoms with Gasteiger partial charge in [0.05, 0.1) is 0 Å². The first-order valence-corrected chi connectivity index (χ1v) is 8.02. The molecule has 2 aliphatic rings. The fraction of sp³-hybridized carbons (Fsp3) is 1.00. The van der Waals surface area contributed by atoms with E-state index in [0.717, 1.165) is 23.8 Å². The van der Waals surface area contributed by atoms with Crippen molar-refractivity contribution in [1.29, 1.82) is 0 Å². The number of nitrogens with one attached hydrogen (secondary N) is 1. The van der Waals surface area contributed by atoms with Crippen molar-refractivity contribution in [2.75, 3.05) is 7.05 Å². The lowest BCUT2D eigenvalue weighted by molar-refractivity contribution is 0.108. The van der Waals surface area contributed by atoms with Gasteiger partial charge in [0.25, 0.3) is 0 Å². The molecule has 0 spiro atoms. The molecule has 2 saturated carbocycles. The summed E-state index contributed by atoms with van der Waals surface area (Å²) in [6.07, 6.45) is 14.8. The second-order valence-electron chi connectivity index (χ2n) is 6.42. The lowest BCUT2D eigenvalue weighted by Gasteiger charge is -2.42. The fourth-order valence-corrected chi connectivity index (χ4v) is 4.31. The molecule has 0 radical (unpaired) electrons. The Labute approximate surface area is 108 Å². The van der Waals surface area contributed by atoms with Gasteiger partial charge in [0.1, 0.15) is 0 Å². The first-order valence-electron chi connectivity index (χ1n) is 8.02. The summed E-state index contributed by atoms with van der Waals surface area (Å²) in [5.74, 6) is 3.16. The van der Waals surface area contributed by atoms with Gasteiger partial charge in [-0.15, -0.1) is 0 Å². The van der Waals surface area contributed by atoms with E-state index in [1.165, 1.54) is 64.2 Å². The molecule has 0 amide bonds. The van der Waals surface area contributed by atoms with Crippen molar-refractivity contribution in [2.24, 2.45) is 17.8 Å². The standard InChI is InChI=1S/C16H31N/c1-3-4-9-16(17-2)15-11-10-13-7-5-6-8-14(13)12-15/h13-17H,3-12H2,1-2H3. The van der Waals surface area contributed by atoms with Crippen LogP contribution in [-0.2, 0) is 0 Å². The summed E-state index contributed by atoms with van der Waals surface area (Å²) in [5.41, 5.74) is 0. The third-order valence-corrected chi connectivity index (χ3v) is 5.39. The average molecular weight is 237 g/mol. The fourth-order valence-electron chi connectivity index (χ4n) is 4.31. The quantitative estimate of drug-likeness (QED) is 0.748. The third-order valence-electron chi connectivity index (χ3n) is 5.39. The molecule has 0 aliphatic heterocycles. The van der Waals surface area contributed by atoms with E-state index in [2.05, 4.69) is 19.3 Å². The van der Waals surface area contributed by atoms with E-state index in [4.69, 9.17) is 0 Å². The Hall–Kier alpha value is -0.0400. The minimum absolute atomic E-state index is 0.804. The topological polar surface area (TPSA) is 12.0 Å². The second-order valence-corrected chi connectivity index (χ2v) is 6.42. The molecule has 100 valence electrons. The highest BCUT2D eigenvalue weighted by molar-refractivity contribution is 4.87. The van der Waals surface area contributed by atoms with Crippen molar-refractivity contribution < 1.29 is 0 Å². The highest BCUT2D eigenvalue weighted by Crippen LogP contribution is 2.43. The molecule has 17 heavy (non-hydrogen) atoms. The van der Waals surface area contributed by atoms with E-state index in [9.17, 15) is 0 Å². The number of hydrogen-bond acceptors (Lipinski definition) is 1. The Morgan fingerprint density at radius 2 is 1.82 bits per heavy atom. The van der Waals surface area contributed by atoms with Crippen molar-refractivity contribution in [1.82, 2.24) is 5.32 Å². The number of rotatable bonds is 5. The van der Waals surface area contributed by atoms with Gasteiger partial charge in [-0.3, -0.25) is 0 Å². The molecule has 1 heteroatoms. The maximum atomic E-state index is 3.60. The second kappa shape index (κ2) is 6.78. The zero-order valence-corrected chi connectivity index (χ0v) is 11.9. The molecule has 4 atom stereocenters. The van der Waals surface area contributed by atoms with Crippen LogP contribution in [-0.4, -0.2) is 13.1 Å². The molecule has 0 bridgehead atoms. The Balaban J connectivity index is 1.84. The Bertz CT molecular complexity index is 214. The first-order chi connectivity index (χ1) is 8.35. The molecule has 2 aliphatic carbocycles. The van der Waals surface area contributed by atoms with Crippen molar-refractivity contribution in [2.45, 2.75) is 77.2 Å². The van der Waals surface area contributed by atoms with Crippen molar-refractivity contribution >= 4 is 0 Å². The number of unbranched alkanes of at least 4 members (excludes halogenated alkanes) is 1. The number of fused-ring (bicyclic) bond motifs is 1. The van der Waals surface area contributed by atoms with E-state index in [1.54, 1.807) is 0 Å². The maximum absolute atomic E-state index is 3.60. The minimum atomic E-state index is 0.804. The van der Waals surface area contributed by atoms with Crippen LogP contribution < -0.4 is 5.32 Å². The zero-order valence-electron chi connectivity index (χ0n) is 11.9. The van der Waals surface area contributed by atoms with Crippen LogP contribution in [0.15, 0.2) is 0 Å². The Morgan fingerprint density at radius 1 is 1.06 bits per heavy atom. The van der Waals surface area contributed by atoms with Crippen LogP contribution in [0.5, 0.6) is 0 Å². The van der Waals surface area contributed by atoms with E-state index >= 15 is 0 Å². The van der Waals surface area contributed by atoms with Crippen LogP contribution in [0.25, 0.3) is 0 Å². The van der Waals surface area contributed by atoms with Crippen LogP contribution in [0, 0.1) is 17.8 Å². The summed E-state index contributed by atoms with van der Waals surface area (Å²) < 4.78 is 0. The molecule has 0 heterocycles. The predicted octanol–water partition coefficient (Wildman–Crippen LogP) is 4.37. The molecule has 4 unspecified atom stereocenters. The third kappa shape index (κ3) is 3.47. The van der Waals surface area contributed by atoms with E-state index < -0.39 is 0 Å². The van der Waals surface area contributed by atoms with Crippen LogP contribution >= 0.6 is 0 Å². The molecular formula is C16H31N. The smallest absolute Gasteiger partial charge is 0.00924 e. The monoisotopic (exact) mass is 237 g/mol. The molecule has 1 N–H and O–H groups in total. The van der Waals surface area contributed by atoms with Crippen LogP contribution in [0.2, 0.25) is 0 Å². The predicted molar refractivity (Wildman–Crippen MR) is 75.2 cm³/mol. The van der Waals surface area contributed by atoms with Crippen molar-refractivity contribution in [3.8, 4) is 0 Å². The SMILES string of the molecule is CCCCC(NC)C1CCC2CCCCC2C1. The van der Waals surface area contributed by atoms with Gasteiger partial charge in [0.2, 0.25) is 0 Å². The van der Waals surface area contributed by atoms with Gasteiger partial charge in [-0.05, 0) is 50.5 Å². The molecule has 0 aromatic heterocycles. The molecule has 2 fully saturated rings. The molecular weight excluding hydrogens is 206 g/mol. The van der Waals surface area contributed by atoms with Gasteiger partial charge in [0, 0.05) is 6.04 Å². The zero-order chi connectivity index (χ0) is 12.1. The highest BCUT2D eigenvalue weighted by atomic mass is 14.9. The van der Waals surface area contributed by atoms with E-state index in [0.29, 0.717) is 0 Å². The van der Waals surface area contributed by atoms with Gasteiger partial charge in [-0.1, -0.05) is 45.4 Å². The summed E-state index contributed by atoms with van der Waals surface area (Å²) >= 11 is 0. The number of hydrogen-bond donors (Lipinski definition) is 1. The Morgan fingerprint density at radius 3 is 2.53 bits per heavy atom. The van der Waals surface area contributed by atoms with Crippen molar-refractivity contribution in [3.05, 3.63) is 0 Å². The molecule has 0 saturated heterocycles. The largest absolute Gasteiger partial charge is 0.317 e. The van der Waals surface area contributed by atoms with Gasteiger partial charge < -0.3 is 5.32 Å². The van der Waals surface area contributed by atoms with Gasteiger partial charge in [-0.25, -0.2) is 0 Å². The van der Waals surface area contributed by atoms with E-state index in [1.807, 2.05) is 0 Å². The van der Waals surface area contributed by atoms with Gasteiger partial charge in [0.15, 0.2) is 0 Å². The highest BCUT2D eigenvalue weighted by Gasteiger charge is 2.34. The minimum Gasteiger partial charge on any atom is -0.317 e. The van der Waals surface area contributed by atoms with Crippen LogP contribution in [0.1, 0.15) is 71.1 Å². The summed E-state index contributed by atoms with van der Waals surface area (Å²) in [6.45, 7) is 2.31. The lowest BCUT2D eigenvalue weighted by atomic mass is 9.66. The summed E-state index contributed by atoms with van der Waals surface area (Å²) in [7, 11) is 2.17. The van der Waals surface area contributed by atoms with Crippen LogP contribution in [0.3, 0.4) is 0 Å². The molecule has 0 aromatic rings. The summed E-state index contributed by atoms with van der Waals surface area (Å²) in [4.78, 5) is 0. The normalized spacial score (nSPS) is 35.3. The first kappa shape index (κ1) is 13.4. The molecule has 1 nitrogen and oxygen atoms in total. The summed E-state index contributed by atoms with van der Waals surface area (Å²) in [5, 5.41) is 3.60.